The van der Waals surface area contributed by atoms with E-state index < -0.39 is 11.2 Å². The van der Waals surface area contributed by atoms with Crippen LogP contribution in [-0.4, -0.2) is 39.2 Å². The molecule has 1 aliphatic heterocycles. The number of amides is 1. The van der Waals surface area contributed by atoms with Gasteiger partial charge in [0.1, 0.15) is 16.6 Å². The van der Waals surface area contributed by atoms with Crippen LogP contribution >= 0.6 is 11.5 Å². The number of hydrogen-bond acceptors (Lipinski definition) is 6. The first kappa shape index (κ1) is 20.8. The van der Waals surface area contributed by atoms with Gasteiger partial charge < -0.3 is 14.8 Å². The molecule has 0 saturated carbocycles. The number of aromatic nitrogens is 2. The molecule has 3 aromatic rings. The number of hydrogen-bond donors (Lipinski definition) is 1. The van der Waals surface area contributed by atoms with Crippen molar-refractivity contribution in [3.05, 3.63) is 58.9 Å². The summed E-state index contributed by atoms with van der Waals surface area (Å²) in [7, 11) is 0. The Balaban J connectivity index is 1.48. The number of aryl methyl sites for hydroxylation is 2. The summed E-state index contributed by atoms with van der Waals surface area (Å²) < 4.78 is 15.9. The van der Waals surface area contributed by atoms with Crippen LogP contribution in [0.1, 0.15) is 22.5 Å². The summed E-state index contributed by atoms with van der Waals surface area (Å²) in [5, 5.41) is 4.17. The van der Waals surface area contributed by atoms with Crippen molar-refractivity contribution in [1.29, 1.82) is 0 Å². The van der Waals surface area contributed by atoms with E-state index in [4.69, 9.17) is 0 Å². The quantitative estimate of drug-likeness (QED) is 0.591. The van der Waals surface area contributed by atoms with E-state index in [1.54, 1.807) is 6.26 Å². The molecule has 1 amide bonds. The maximum absolute atomic E-state index is 13.0. The molecule has 2 heterocycles. The molecule has 30 heavy (non-hydrogen) atoms. The molecule has 1 aromatic heterocycles. The van der Waals surface area contributed by atoms with Gasteiger partial charge >= 0.3 is 0 Å². The number of anilines is 2. The monoisotopic (exact) mass is 440 g/mol. The van der Waals surface area contributed by atoms with E-state index in [0.29, 0.717) is 12.3 Å². The van der Waals surface area contributed by atoms with Crippen LogP contribution in [0.2, 0.25) is 0 Å². The third-order valence-electron chi connectivity index (χ3n) is 5.23. The van der Waals surface area contributed by atoms with Crippen LogP contribution in [0.3, 0.4) is 0 Å². The fraction of sp³-hybridized carbons (Fsp3) is 0.318. The number of carbonyl (C=O) groups excluding carboxylic acids is 1. The van der Waals surface area contributed by atoms with Gasteiger partial charge in [0.25, 0.3) is 0 Å². The molecule has 0 aliphatic carbocycles. The summed E-state index contributed by atoms with van der Waals surface area (Å²) in [5.74, 6) is 1.32. The molecule has 0 spiro atoms. The molecule has 1 aliphatic rings. The lowest BCUT2D eigenvalue weighted by molar-refractivity contribution is -0.116. The molecule has 4 rings (SSSR count). The highest BCUT2D eigenvalue weighted by Crippen LogP contribution is 2.32. The molecule has 1 atom stereocenters. The largest absolute Gasteiger partial charge is 0.616 e. The predicted molar refractivity (Wildman–Crippen MR) is 124 cm³/mol. The minimum atomic E-state index is -0.903. The van der Waals surface area contributed by atoms with Gasteiger partial charge in [-0.05, 0) is 55.1 Å². The average molecular weight is 441 g/mol. The fourth-order valence-corrected chi connectivity index (χ4v) is 5.12. The summed E-state index contributed by atoms with van der Waals surface area (Å²) >= 11 is 0.471. The van der Waals surface area contributed by atoms with Crippen molar-refractivity contribution in [2.75, 3.05) is 29.6 Å². The summed E-state index contributed by atoms with van der Waals surface area (Å²) in [6.07, 6.45) is 2.51. The lowest BCUT2D eigenvalue weighted by atomic mass is 10.1. The topological polar surface area (TPSA) is 81.2 Å². The van der Waals surface area contributed by atoms with Gasteiger partial charge in [0.2, 0.25) is 5.91 Å². The molecule has 0 fully saturated rings. The zero-order valence-corrected chi connectivity index (χ0v) is 18.9. The minimum absolute atomic E-state index is 0.0279. The van der Waals surface area contributed by atoms with E-state index in [1.165, 1.54) is 11.5 Å². The number of nitrogens with zero attached hydrogens (tertiary/aromatic N) is 3. The maximum atomic E-state index is 13.0. The van der Waals surface area contributed by atoms with Crippen LogP contribution < -0.4 is 10.2 Å². The molecular formula is C22H24N4O2S2. The highest BCUT2D eigenvalue weighted by Gasteiger charge is 2.27. The Morgan fingerprint density at radius 2 is 2.13 bits per heavy atom. The second-order valence-corrected chi connectivity index (χ2v) is 9.64. The first-order chi connectivity index (χ1) is 14.4. The van der Waals surface area contributed by atoms with Crippen molar-refractivity contribution in [3.63, 3.8) is 0 Å². The Morgan fingerprint density at radius 3 is 2.87 bits per heavy atom. The van der Waals surface area contributed by atoms with E-state index in [1.807, 2.05) is 55.1 Å². The van der Waals surface area contributed by atoms with E-state index in [9.17, 15) is 9.35 Å². The Kier molecular flexibility index (Phi) is 6.08. The van der Waals surface area contributed by atoms with Crippen molar-refractivity contribution in [2.45, 2.75) is 26.0 Å². The number of carbonyl (C=O) groups is 1. The Labute approximate surface area is 183 Å². The zero-order valence-electron chi connectivity index (χ0n) is 17.3. The molecule has 1 unspecified atom stereocenters. The van der Waals surface area contributed by atoms with Crippen LogP contribution in [-0.2, 0) is 28.1 Å². The van der Waals surface area contributed by atoms with Gasteiger partial charge in [-0.25, -0.2) is 4.98 Å². The molecule has 156 valence electrons. The number of nitrogens with one attached hydrogen (secondary N) is 1. The van der Waals surface area contributed by atoms with Crippen molar-refractivity contribution in [3.8, 4) is 10.6 Å². The normalized spacial score (nSPS) is 13.9. The Bertz CT molecular complexity index is 1080. The Hall–Kier alpha value is -2.42. The van der Waals surface area contributed by atoms with E-state index >= 15 is 0 Å². The van der Waals surface area contributed by atoms with Gasteiger partial charge in [0, 0.05) is 29.0 Å². The van der Waals surface area contributed by atoms with E-state index in [2.05, 4.69) is 14.7 Å². The van der Waals surface area contributed by atoms with Crippen molar-refractivity contribution >= 4 is 40.0 Å². The first-order valence-electron chi connectivity index (χ1n) is 9.78. The highest BCUT2D eigenvalue weighted by molar-refractivity contribution is 7.89. The third-order valence-corrected chi connectivity index (χ3v) is 6.80. The predicted octanol–water partition coefficient (Wildman–Crippen LogP) is 3.70. The Morgan fingerprint density at radius 1 is 1.30 bits per heavy atom. The lowest BCUT2D eigenvalue weighted by Crippen LogP contribution is -2.34. The van der Waals surface area contributed by atoms with Crippen LogP contribution in [0.4, 0.5) is 11.4 Å². The van der Waals surface area contributed by atoms with Gasteiger partial charge in [-0.2, -0.15) is 4.37 Å². The molecule has 0 saturated heterocycles. The van der Waals surface area contributed by atoms with Crippen LogP contribution in [0, 0.1) is 13.8 Å². The molecule has 6 nitrogen and oxygen atoms in total. The van der Waals surface area contributed by atoms with Gasteiger partial charge in [0.15, 0.2) is 0 Å². The lowest BCUT2D eigenvalue weighted by Gasteiger charge is -2.19. The standard InChI is InChI=1S/C22H24N4O2S2/c1-14-7-8-16(22-24-15(2)25-29-22)11-19(14)23-12-21(27)26-10-9-18-17(13-30(3)28)5-4-6-20(18)26/h4-8,11,23H,9-10,12-13H2,1-3H3. The maximum Gasteiger partial charge on any atom is 0.246 e. The zero-order chi connectivity index (χ0) is 21.3. The third kappa shape index (κ3) is 4.35. The highest BCUT2D eigenvalue weighted by atomic mass is 32.2. The van der Waals surface area contributed by atoms with Crippen LogP contribution in [0.25, 0.3) is 10.6 Å². The SMILES string of the molecule is Cc1nsc(-c2ccc(C)c(NCC(=O)N3CCc4c(C[S+](C)[O-])cccc43)c2)n1. The molecule has 1 N–H and O–H groups in total. The minimum Gasteiger partial charge on any atom is -0.616 e. The summed E-state index contributed by atoms with van der Waals surface area (Å²) in [4.78, 5) is 19.2. The van der Waals surface area contributed by atoms with Crippen molar-refractivity contribution in [2.24, 2.45) is 0 Å². The average Bonchev–Trinajstić information content (AvgIpc) is 3.34. The van der Waals surface area contributed by atoms with Gasteiger partial charge in [0.05, 0.1) is 12.8 Å². The summed E-state index contributed by atoms with van der Waals surface area (Å²) in [6, 6.07) is 12.0. The fourth-order valence-electron chi connectivity index (χ4n) is 3.75. The first-order valence-corrected chi connectivity index (χ1v) is 12.3. The second-order valence-electron chi connectivity index (χ2n) is 7.46. The van der Waals surface area contributed by atoms with Gasteiger partial charge in [-0.15, -0.1) is 0 Å². The molecule has 0 radical (unpaired) electrons. The van der Waals surface area contributed by atoms with Crippen molar-refractivity contribution < 1.29 is 9.35 Å². The summed E-state index contributed by atoms with van der Waals surface area (Å²) in [5.41, 5.74) is 6.15. The molecule has 2 aromatic carbocycles. The van der Waals surface area contributed by atoms with Crippen LogP contribution in [0.5, 0.6) is 0 Å². The number of fused-ring (bicyclic) bond motifs is 1. The van der Waals surface area contributed by atoms with Gasteiger partial charge in [-0.1, -0.05) is 35.4 Å². The second kappa shape index (κ2) is 8.75. The number of rotatable bonds is 6. The molecule has 0 bridgehead atoms. The smallest absolute Gasteiger partial charge is 0.246 e. The summed E-state index contributed by atoms with van der Waals surface area (Å²) in [6.45, 7) is 4.77. The molecule has 8 heteroatoms. The van der Waals surface area contributed by atoms with Gasteiger partial charge in [-0.3, -0.25) is 4.79 Å². The van der Waals surface area contributed by atoms with E-state index in [-0.39, 0.29) is 12.5 Å². The van der Waals surface area contributed by atoms with Crippen LogP contribution in [0.15, 0.2) is 36.4 Å². The van der Waals surface area contributed by atoms with E-state index in [0.717, 1.165) is 50.9 Å². The molecular weight excluding hydrogens is 416 g/mol. The van der Waals surface area contributed by atoms with Crippen molar-refractivity contribution in [1.82, 2.24) is 9.36 Å². The number of benzene rings is 2.